The molecule has 0 aliphatic heterocycles. The number of methoxy groups -OCH3 is 1. The van der Waals surface area contributed by atoms with E-state index in [1.54, 1.807) is 25.3 Å². The van der Waals surface area contributed by atoms with Crippen molar-refractivity contribution in [2.75, 3.05) is 19.5 Å². The quantitative estimate of drug-likeness (QED) is 0.747. The summed E-state index contributed by atoms with van der Waals surface area (Å²) in [5.41, 5.74) is 6.31. The Morgan fingerprint density at radius 3 is 2.94 bits per heavy atom. The lowest BCUT2D eigenvalue weighted by atomic mass is 10.3. The molecule has 98 valence electrons. The van der Waals surface area contributed by atoms with Crippen LogP contribution in [0, 0.1) is 0 Å². The van der Waals surface area contributed by atoms with Crippen LogP contribution in [-0.2, 0) is 4.79 Å². The number of carbonyl (C=O) groups excluding carboxylic acids is 1. The molecular formula is C13H18N2O3. The van der Waals surface area contributed by atoms with E-state index in [9.17, 15) is 4.79 Å². The van der Waals surface area contributed by atoms with Gasteiger partial charge in [-0.05, 0) is 25.0 Å². The van der Waals surface area contributed by atoms with Gasteiger partial charge in [-0.15, -0.1) is 0 Å². The molecule has 5 heteroatoms. The van der Waals surface area contributed by atoms with E-state index >= 15 is 0 Å². The normalized spacial score (nSPS) is 14.1. The summed E-state index contributed by atoms with van der Waals surface area (Å²) in [6.07, 6.45) is 2.53. The fourth-order valence-electron chi connectivity index (χ4n) is 1.55. The Kier molecular flexibility index (Phi) is 3.92. The number of anilines is 1. The highest BCUT2D eigenvalue weighted by molar-refractivity contribution is 5.76. The molecular weight excluding hydrogens is 232 g/mol. The van der Waals surface area contributed by atoms with E-state index in [0.29, 0.717) is 36.3 Å². The average Bonchev–Trinajstić information content (AvgIpc) is 3.15. The van der Waals surface area contributed by atoms with Gasteiger partial charge in [0.25, 0.3) is 0 Å². The first kappa shape index (κ1) is 12.5. The van der Waals surface area contributed by atoms with E-state index in [-0.39, 0.29) is 5.91 Å². The second-order valence-corrected chi connectivity index (χ2v) is 4.34. The Labute approximate surface area is 106 Å². The summed E-state index contributed by atoms with van der Waals surface area (Å²) < 4.78 is 10.6. The number of nitrogen functional groups attached to an aromatic ring is 1. The van der Waals surface area contributed by atoms with Crippen LogP contribution in [0.5, 0.6) is 11.5 Å². The maximum absolute atomic E-state index is 11.4. The third-order valence-electron chi connectivity index (χ3n) is 2.75. The first-order valence-corrected chi connectivity index (χ1v) is 6.04. The lowest BCUT2D eigenvalue weighted by Gasteiger charge is -2.10. The summed E-state index contributed by atoms with van der Waals surface area (Å²) in [6, 6.07) is 5.59. The Morgan fingerprint density at radius 1 is 1.50 bits per heavy atom. The highest BCUT2D eigenvalue weighted by Crippen LogP contribution is 2.26. The average molecular weight is 250 g/mol. The maximum Gasteiger partial charge on any atom is 0.223 e. The predicted octanol–water partition coefficient (Wildman–Crippen LogP) is 1.32. The van der Waals surface area contributed by atoms with Crippen LogP contribution in [-0.4, -0.2) is 25.7 Å². The molecule has 0 bridgehead atoms. The Bertz CT molecular complexity index is 430. The van der Waals surface area contributed by atoms with Gasteiger partial charge in [0.1, 0.15) is 11.5 Å². The number of hydrogen-bond acceptors (Lipinski definition) is 4. The zero-order valence-electron chi connectivity index (χ0n) is 10.4. The largest absolute Gasteiger partial charge is 0.497 e. The van der Waals surface area contributed by atoms with Crippen LogP contribution in [0.1, 0.15) is 19.3 Å². The van der Waals surface area contributed by atoms with Crippen LogP contribution < -0.4 is 20.5 Å². The third-order valence-corrected chi connectivity index (χ3v) is 2.75. The van der Waals surface area contributed by atoms with Gasteiger partial charge >= 0.3 is 0 Å². The maximum atomic E-state index is 11.4. The zero-order valence-corrected chi connectivity index (χ0v) is 10.4. The van der Waals surface area contributed by atoms with Crippen molar-refractivity contribution in [3.8, 4) is 11.5 Å². The van der Waals surface area contributed by atoms with Gasteiger partial charge < -0.3 is 20.5 Å². The molecule has 1 aromatic carbocycles. The minimum atomic E-state index is 0.0268. The zero-order chi connectivity index (χ0) is 13.0. The van der Waals surface area contributed by atoms with Gasteiger partial charge in [0.2, 0.25) is 5.91 Å². The molecule has 0 heterocycles. The fourth-order valence-corrected chi connectivity index (χ4v) is 1.55. The number of carbonyl (C=O) groups is 1. The minimum absolute atomic E-state index is 0.0268. The molecule has 3 N–H and O–H groups in total. The fraction of sp³-hybridized carbons (Fsp3) is 0.462. The number of ether oxygens (including phenoxy) is 2. The summed E-state index contributed by atoms with van der Waals surface area (Å²) in [7, 11) is 1.58. The lowest BCUT2D eigenvalue weighted by molar-refractivity contribution is -0.121. The third kappa shape index (κ3) is 3.55. The SMILES string of the molecule is COc1ccc(N)c(OCCC(=O)NC2CC2)c1. The molecule has 0 unspecified atom stereocenters. The standard InChI is InChI=1S/C13H18N2O3/c1-17-10-4-5-11(14)12(8-10)18-7-6-13(16)15-9-2-3-9/h4-5,8-9H,2-3,6-7,14H2,1H3,(H,15,16). The van der Waals surface area contributed by atoms with Crippen LogP contribution in [0.25, 0.3) is 0 Å². The molecule has 1 aliphatic rings. The molecule has 0 spiro atoms. The number of nitrogens with two attached hydrogens (primary N) is 1. The Balaban J connectivity index is 1.79. The van der Waals surface area contributed by atoms with Crippen molar-refractivity contribution in [3.05, 3.63) is 18.2 Å². The Morgan fingerprint density at radius 2 is 2.28 bits per heavy atom. The molecule has 5 nitrogen and oxygen atoms in total. The Hall–Kier alpha value is -1.91. The van der Waals surface area contributed by atoms with E-state index in [1.807, 2.05) is 0 Å². The van der Waals surface area contributed by atoms with Crippen LogP contribution in [0.3, 0.4) is 0 Å². The van der Waals surface area contributed by atoms with E-state index in [0.717, 1.165) is 12.8 Å². The molecule has 0 aromatic heterocycles. The summed E-state index contributed by atoms with van der Waals surface area (Å²) in [6.45, 7) is 0.315. The first-order valence-electron chi connectivity index (χ1n) is 6.04. The number of nitrogens with one attached hydrogen (secondary N) is 1. The smallest absolute Gasteiger partial charge is 0.223 e. The number of hydrogen-bond donors (Lipinski definition) is 2. The van der Waals surface area contributed by atoms with E-state index < -0.39 is 0 Å². The van der Waals surface area contributed by atoms with Crippen molar-refractivity contribution in [2.45, 2.75) is 25.3 Å². The van der Waals surface area contributed by atoms with E-state index in [4.69, 9.17) is 15.2 Å². The summed E-state index contributed by atoms with van der Waals surface area (Å²) >= 11 is 0. The van der Waals surface area contributed by atoms with E-state index in [2.05, 4.69) is 5.32 Å². The van der Waals surface area contributed by atoms with Crippen molar-refractivity contribution in [1.29, 1.82) is 0 Å². The first-order chi connectivity index (χ1) is 8.69. The molecule has 1 amide bonds. The van der Waals surface area contributed by atoms with Gasteiger partial charge in [0.05, 0.1) is 25.8 Å². The highest BCUT2D eigenvalue weighted by atomic mass is 16.5. The molecule has 0 saturated heterocycles. The van der Waals surface area contributed by atoms with Gasteiger partial charge in [-0.25, -0.2) is 0 Å². The number of benzene rings is 1. The van der Waals surface area contributed by atoms with Crippen molar-refractivity contribution in [3.63, 3.8) is 0 Å². The molecule has 0 atom stereocenters. The van der Waals surface area contributed by atoms with Crippen LogP contribution >= 0.6 is 0 Å². The monoisotopic (exact) mass is 250 g/mol. The topological polar surface area (TPSA) is 73.6 Å². The van der Waals surface area contributed by atoms with Gasteiger partial charge in [0.15, 0.2) is 0 Å². The highest BCUT2D eigenvalue weighted by Gasteiger charge is 2.22. The molecule has 1 aliphatic carbocycles. The number of rotatable bonds is 6. The van der Waals surface area contributed by atoms with Gasteiger partial charge in [-0.3, -0.25) is 4.79 Å². The summed E-state index contributed by atoms with van der Waals surface area (Å²) in [5, 5.41) is 2.90. The lowest BCUT2D eigenvalue weighted by Crippen LogP contribution is -2.26. The second-order valence-electron chi connectivity index (χ2n) is 4.34. The van der Waals surface area contributed by atoms with Gasteiger partial charge in [-0.2, -0.15) is 0 Å². The van der Waals surface area contributed by atoms with Crippen molar-refractivity contribution in [1.82, 2.24) is 5.32 Å². The number of amides is 1. The molecule has 1 saturated carbocycles. The van der Waals surface area contributed by atoms with Crippen LogP contribution in [0.15, 0.2) is 18.2 Å². The van der Waals surface area contributed by atoms with E-state index in [1.165, 1.54) is 0 Å². The van der Waals surface area contributed by atoms with Gasteiger partial charge in [0, 0.05) is 12.1 Å². The van der Waals surface area contributed by atoms with Crippen LogP contribution in [0.4, 0.5) is 5.69 Å². The summed E-state index contributed by atoms with van der Waals surface area (Å²) in [4.78, 5) is 11.4. The van der Waals surface area contributed by atoms with Crippen molar-refractivity contribution >= 4 is 11.6 Å². The predicted molar refractivity (Wildman–Crippen MR) is 68.7 cm³/mol. The van der Waals surface area contributed by atoms with Crippen molar-refractivity contribution < 1.29 is 14.3 Å². The minimum Gasteiger partial charge on any atom is -0.497 e. The molecule has 0 radical (unpaired) electrons. The van der Waals surface area contributed by atoms with Crippen LogP contribution in [0.2, 0.25) is 0 Å². The molecule has 1 fully saturated rings. The summed E-state index contributed by atoms with van der Waals surface area (Å²) in [5.74, 6) is 1.26. The second kappa shape index (κ2) is 5.62. The molecule has 1 aromatic rings. The molecule has 2 rings (SSSR count). The van der Waals surface area contributed by atoms with Gasteiger partial charge in [-0.1, -0.05) is 0 Å². The molecule has 18 heavy (non-hydrogen) atoms. The van der Waals surface area contributed by atoms with Crippen molar-refractivity contribution in [2.24, 2.45) is 0 Å².